The SMILES string of the molecule is Cc1c(CN)cc(CN=[N+]=[N-])c(C)c1N. The number of hydrogen-bond acceptors (Lipinski definition) is 3. The van der Waals surface area contributed by atoms with Crippen molar-refractivity contribution in [1.29, 1.82) is 0 Å². The Morgan fingerprint density at radius 3 is 2.47 bits per heavy atom. The molecular formula is C10H15N5. The van der Waals surface area contributed by atoms with Gasteiger partial charge in [0, 0.05) is 17.1 Å². The summed E-state index contributed by atoms with van der Waals surface area (Å²) in [7, 11) is 0. The molecule has 0 bridgehead atoms. The van der Waals surface area contributed by atoms with E-state index in [4.69, 9.17) is 17.0 Å². The van der Waals surface area contributed by atoms with E-state index in [9.17, 15) is 0 Å². The second kappa shape index (κ2) is 4.68. The molecule has 5 nitrogen and oxygen atoms in total. The Bertz CT molecular complexity index is 418. The van der Waals surface area contributed by atoms with E-state index in [0.29, 0.717) is 13.1 Å². The van der Waals surface area contributed by atoms with Crippen molar-refractivity contribution in [3.8, 4) is 0 Å². The van der Waals surface area contributed by atoms with Gasteiger partial charge >= 0.3 is 0 Å². The van der Waals surface area contributed by atoms with E-state index in [1.54, 1.807) is 0 Å². The smallest absolute Gasteiger partial charge is 0.0514 e. The number of azide groups is 1. The first-order valence-corrected chi connectivity index (χ1v) is 4.70. The molecular weight excluding hydrogens is 190 g/mol. The predicted octanol–water partition coefficient (Wildman–Crippen LogP) is 2.15. The summed E-state index contributed by atoms with van der Waals surface area (Å²) in [5.41, 5.74) is 24.5. The molecule has 0 aliphatic heterocycles. The van der Waals surface area contributed by atoms with Crippen molar-refractivity contribution in [2.75, 3.05) is 5.73 Å². The highest BCUT2D eigenvalue weighted by atomic mass is 15.1. The number of nitrogen functional groups attached to an aromatic ring is 1. The molecule has 80 valence electrons. The third-order valence-corrected chi connectivity index (χ3v) is 2.64. The van der Waals surface area contributed by atoms with Crippen LogP contribution < -0.4 is 11.5 Å². The molecule has 0 aromatic heterocycles. The van der Waals surface area contributed by atoms with Crippen LogP contribution in [0.3, 0.4) is 0 Å². The van der Waals surface area contributed by atoms with Crippen molar-refractivity contribution in [2.45, 2.75) is 26.9 Å². The van der Waals surface area contributed by atoms with Crippen LogP contribution in [-0.4, -0.2) is 0 Å². The topological polar surface area (TPSA) is 101 Å². The first kappa shape index (κ1) is 11.4. The van der Waals surface area contributed by atoms with Gasteiger partial charge in [0.05, 0.1) is 6.54 Å². The van der Waals surface area contributed by atoms with E-state index in [2.05, 4.69) is 10.0 Å². The molecule has 5 heteroatoms. The summed E-state index contributed by atoms with van der Waals surface area (Å²) >= 11 is 0. The lowest BCUT2D eigenvalue weighted by Crippen LogP contribution is -2.06. The average Bonchev–Trinajstić information content (AvgIpc) is 2.25. The monoisotopic (exact) mass is 205 g/mol. The maximum Gasteiger partial charge on any atom is 0.0514 e. The fourth-order valence-corrected chi connectivity index (χ4v) is 1.54. The van der Waals surface area contributed by atoms with Crippen molar-refractivity contribution in [3.05, 3.63) is 38.8 Å². The molecule has 0 aliphatic carbocycles. The zero-order chi connectivity index (χ0) is 11.4. The van der Waals surface area contributed by atoms with Crippen molar-refractivity contribution in [2.24, 2.45) is 10.8 Å². The van der Waals surface area contributed by atoms with E-state index in [1.165, 1.54) is 0 Å². The molecule has 0 unspecified atom stereocenters. The van der Waals surface area contributed by atoms with Crippen molar-refractivity contribution in [1.82, 2.24) is 0 Å². The summed E-state index contributed by atoms with van der Waals surface area (Å²) in [4.78, 5) is 2.73. The number of nitrogens with zero attached hydrogens (tertiary/aromatic N) is 3. The van der Waals surface area contributed by atoms with Gasteiger partial charge in [0.2, 0.25) is 0 Å². The van der Waals surface area contributed by atoms with Gasteiger partial charge in [-0.15, -0.1) is 0 Å². The highest BCUT2D eigenvalue weighted by Crippen LogP contribution is 2.24. The fourth-order valence-electron chi connectivity index (χ4n) is 1.54. The van der Waals surface area contributed by atoms with E-state index in [1.807, 2.05) is 19.9 Å². The van der Waals surface area contributed by atoms with Crippen molar-refractivity contribution < 1.29 is 0 Å². The van der Waals surface area contributed by atoms with Gasteiger partial charge in [-0.3, -0.25) is 0 Å². The predicted molar refractivity (Wildman–Crippen MR) is 61.1 cm³/mol. The Morgan fingerprint density at radius 2 is 1.93 bits per heavy atom. The van der Waals surface area contributed by atoms with Crippen LogP contribution in [0, 0.1) is 13.8 Å². The molecule has 1 aromatic carbocycles. The molecule has 0 fully saturated rings. The number of anilines is 1. The summed E-state index contributed by atoms with van der Waals surface area (Å²) in [6.07, 6.45) is 0. The minimum Gasteiger partial charge on any atom is -0.398 e. The molecule has 0 amide bonds. The normalized spacial score (nSPS) is 9.80. The zero-order valence-corrected chi connectivity index (χ0v) is 8.99. The molecule has 1 aromatic rings. The number of nitrogens with two attached hydrogens (primary N) is 2. The van der Waals surface area contributed by atoms with Crippen LogP contribution in [0.1, 0.15) is 22.3 Å². The van der Waals surface area contributed by atoms with Gasteiger partial charge in [-0.05, 0) is 41.6 Å². The van der Waals surface area contributed by atoms with E-state index < -0.39 is 0 Å². The molecule has 0 saturated heterocycles. The molecule has 15 heavy (non-hydrogen) atoms. The Morgan fingerprint density at radius 1 is 1.33 bits per heavy atom. The molecule has 0 saturated carbocycles. The lowest BCUT2D eigenvalue weighted by molar-refractivity contribution is 0.990. The molecule has 0 aliphatic rings. The van der Waals surface area contributed by atoms with E-state index >= 15 is 0 Å². The van der Waals surface area contributed by atoms with E-state index in [-0.39, 0.29) is 0 Å². The first-order chi connectivity index (χ1) is 7.11. The first-order valence-electron chi connectivity index (χ1n) is 4.70. The summed E-state index contributed by atoms with van der Waals surface area (Å²) in [5.74, 6) is 0. The number of hydrogen-bond donors (Lipinski definition) is 2. The van der Waals surface area contributed by atoms with Gasteiger partial charge in [-0.2, -0.15) is 0 Å². The standard InChI is InChI=1S/C10H15N5/c1-6-8(4-11)3-9(5-14-15-13)7(2)10(6)12/h3H,4-5,11-12H2,1-2H3. The largest absolute Gasteiger partial charge is 0.398 e. The van der Waals surface area contributed by atoms with Gasteiger partial charge in [0.15, 0.2) is 0 Å². The number of benzene rings is 1. The Balaban J connectivity index is 3.28. The molecule has 4 N–H and O–H groups in total. The Labute approximate surface area is 88.7 Å². The van der Waals surface area contributed by atoms with Gasteiger partial charge in [0.1, 0.15) is 0 Å². The molecule has 0 heterocycles. The summed E-state index contributed by atoms with van der Waals surface area (Å²) in [6, 6.07) is 1.95. The van der Waals surface area contributed by atoms with Crippen LogP contribution in [-0.2, 0) is 13.1 Å². The Hall–Kier alpha value is -1.71. The molecule has 0 radical (unpaired) electrons. The van der Waals surface area contributed by atoms with Crippen LogP contribution in [0.2, 0.25) is 0 Å². The zero-order valence-electron chi connectivity index (χ0n) is 8.99. The summed E-state index contributed by atoms with van der Waals surface area (Å²) < 4.78 is 0. The Kier molecular flexibility index (Phi) is 3.55. The van der Waals surface area contributed by atoms with Crippen LogP contribution in [0.5, 0.6) is 0 Å². The molecule has 0 spiro atoms. The fraction of sp³-hybridized carbons (Fsp3) is 0.400. The van der Waals surface area contributed by atoms with Crippen LogP contribution in [0.15, 0.2) is 11.2 Å². The second-order valence-corrected chi connectivity index (χ2v) is 3.45. The highest BCUT2D eigenvalue weighted by Gasteiger charge is 2.08. The van der Waals surface area contributed by atoms with Crippen LogP contribution in [0.4, 0.5) is 5.69 Å². The summed E-state index contributed by atoms with van der Waals surface area (Å²) in [5, 5.41) is 3.53. The van der Waals surface area contributed by atoms with Gasteiger partial charge in [0.25, 0.3) is 0 Å². The second-order valence-electron chi connectivity index (χ2n) is 3.45. The lowest BCUT2D eigenvalue weighted by Gasteiger charge is -2.13. The minimum atomic E-state index is 0.319. The third-order valence-electron chi connectivity index (χ3n) is 2.64. The minimum absolute atomic E-state index is 0.319. The van der Waals surface area contributed by atoms with Crippen molar-refractivity contribution in [3.63, 3.8) is 0 Å². The molecule has 0 atom stereocenters. The van der Waals surface area contributed by atoms with Gasteiger partial charge in [-0.25, -0.2) is 0 Å². The maximum absolute atomic E-state index is 8.27. The third kappa shape index (κ3) is 2.21. The van der Waals surface area contributed by atoms with Crippen LogP contribution in [0.25, 0.3) is 10.4 Å². The number of rotatable bonds is 3. The van der Waals surface area contributed by atoms with Crippen LogP contribution >= 0.6 is 0 Å². The van der Waals surface area contributed by atoms with Gasteiger partial charge < -0.3 is 11.5 Å². The average molecular weight is 205 g/mol. The lowest BCUT2D eigenvalue weighted by atomic mass is 9.97. The summed E-state index contributed by atoms with van der Waals surface area (Å²) in [6.45, 7) is 4.63. The van der Waals surface area contributed by atoms with Crippen molar-refractivity contribution >= 4 is 5.69 Å². The van der Waals surface area contributed by atoms with Gasteiger partial charge in [-0.1, -0.05) is 11.2 Å². The maximum atomic E-state index is 8.27. The van der Waals surface area contributed by atoms with E-state index in [0.717, 1.165) is 27.9 Å². The quantitative estimate of drug-likeness (QED) is 0.342. The molecule has 1 rings (SSSR count). The highest BCUT2D eigenvalue weighted by molar-refractivity contribution is 5.59.